The van der Waals surface area contributed by atoms with Crippen molar-refractivity contribution >= 4 is 17.5 Å². The van der Waals surface area contributed by atoms with Crippen molar-refractivity contribution < 1.29 is 29.2 Å². The zero-order valence-electron chi connectivity index (χ0n) is 24.9. The minimum absolute atomic E-state index is 0.0123. The van der Waals surface area contributed by atoms with E-state index in [1.165, 1.54) is 12.1 Å². The number of benzene rings is 2. The molecule has 0 aliphatic heterocycles. The van der Waals surface area contributed by atoms with Crippen LogP contribution in [0, 0.1) is 20.2 Å². The molecule has 10 heteroatoms. The molecule has 0 unspecified atom stereocenters. The number of nitro benzene ring substituents is 2. The fourth-order valence-corrected chi connectivity index (χ4v) is 4.58. The molecule has 0 radical (unpaired) electrons. The lowest BCUT2D eigenvalue weighted by molar-refractivity contribution is -0.386. The lowest BCUT2D eigenvalue weighted by atomic mass is 9.78. The molecular formula is C29H40N2O8. The van der Waals surface area contributed by atoms with Crippen LogP contribution in [0.5, 0.6) is 17.2 Å². The first-order valence-electron chi connectivity index (χ1n) is 12.7. The minimum Gasteiger partial charge on any atom is -0.456 e. The van der Waals surface area contributed by atoms with Crippen LogP contribution in [0.2, 0.25) is 0 Å². The predicted molar refractivity (Wildman–Crippen MR) is 150 cm³/mol. The number of hydrogen-bond donors (Lipinski definition) is 1. The first kappa shape index (κ1) is 31.5. The molecule has 0 aliphatic carbocycles. The summed E-state index contributed by atoms with van der Waals surface area (Å²) in [5, 5.41) is 34.0. The molecule has 1 N–H and O–H groups in total. The maximum atomic E-state index is 12.3. The van der Waals surface area contributed by atoms with Crippen LogP contribution >= 0.6 is 0 Å². The van der Waals surface area contributed by atoms with E-state index in [2.05, 4.69) is 0 Å². The Morgan fingerprint density at radius 2 is 1.10 bits per heavy atom. The molecule has 39 heavy (non-hydrogen) atoms. The molecule has 0 aromatic heterocycles. The van der Waals surface area contributed by atoms with Crippen molar-refractivity contribution in [1.29, 1.82) is 0 Å². The molecule has 0 atom stereocenters. The molecule has 0 fully saturated rings. The monoisotopic (exact) mass is 544 g/mol. The third-order valence-corrected chi connectivity index (χ3v) is 6.24. The summed E-state index contributed by atoms with van der Waals surface area (Å²) >= 11 is 0. The van der Waals surface area contributed by atoms with E-state index >= 15 is 0 Å². The summed E-state index contributed by atoms with van der Waals surface area (Å²) in [6, 6.07) is 4.34. The molecule has 0 aliphatic rings. The van der Waals surface area contributed by atoms with E-state index in [4.69, 9.17) is 9.47 Å². The van der Waals surface area contributed by atoms with Gasteiger partial charge in [0.25, 0.3) is 11.4 Å². The average molecular weight is 545 g/mol. The quantitative estimate of drug-likeness (QED) is 0.171. The highest BCUT2D eigenvalue weighted by Crippen LogP contribution is 2.51. The van der Waals surface area contributed by atoms with Crippen LogP contribution < -0.4 is 9.47 Å². The van der Waals surface area contributed by atoms with Gasteiger partial charge in [-0.15, -0.1) is 0 Å². The van der Waals surface area contributed by atoms with Crippen LogP contribution in [-0.4, -0.2) is 21.1 Å². The number of rotatable bonds is 5. The largest absolute Gasteiger partial charge is 0.511 e. The standard InChI is InChI=1S/C29H40N2O8/c1-26(2,3)16-13-17(27(4,5)6)20(14-18(16)30(34)35)38-21-15-19(31(36)37)22(28(7,8)9)24(39-25(32)33)23(21)29(10,11)12/h13-15H,1-12H3,(H,32,33). The summed E-state index contributed by atoms with van der Waals surface area (Å²) < 4.78 is 11.6. The summed E-state index contributed by atoms with van der Waals surface area (Å²) in [6.07, 6.45) is -1.63. The normalized spacial score (nSPS) is 12.7. The Kier molecular flexibility index (Phi) is 8.19. The molecule has 2 aromatic rings. The number of carbonyl (C=O) groups is 1. The van der Waals surface area contributed by atoms with E-state index in [-0.39, 0.29) is 34.2 Å². The van der Waals surface area contributed by atoms with Gasteiger partial charge in [0.15, 0.2) is 5.75 Å². The summed E-state index contributed by atoms with van der Waals surface area (Å²) in [5.41, 5.74) is -1.68. The molecule has 0 bridgehead atoms. The first-order valence-corrected chi connectivity index (χ1v) is 12.7. The van der Waals surface area contributed by atoms with Crippen LogP contribution in [0.1, 0.15) is 105 Å². The lowest BCUT2D eigenvalue weighted by Crippen LogP contribution is -2.24. The number of nitrogens with zero attached hydrogens (tertiary/aromatic N) is 2. The molecule has 2 aromatic carbocycles. The molecular weight excluding hydrogens is 504 g/mol. The second-order valence-corrected chi connectivity index (χ2v) is 13.8. The number of ether oxygens (including phenoxy) is 2. The van der Waals surface area contributed by atoms with Gasteiger partial charge in [-0.3, -0.25) is 20.2 Å². The molecule has 0 saturated carbocycles. The van der Waals surface area contributed by atoms with Gasteiger partial charge in [0.05, 0.1) is 27.5 Å². The fourth-order valence-electron chi connectivity index (χ4n) is 4.58. The number of hydrogen-bond acceptors (Lipinski definition) is 7. The van der Waals surface area contributed by atoms with Crippen molar-refractivity contribution in [2.24, 2.45) is 0 Å². The molecule has 2 rings (SSSR count). The molecule has 0 saturated heterocycles. The van der Waals surface area contributed by atoms with Gasteiger partial charge in [-0.05, 0) is 27.7 Å². The predicted octanol–water partition coefficient (Wildman–Crippen LogP) is 8.54. The number of nitro groups is 2. The van der Waals surface area contributed by atoms with Gasteiger partial charge in [0.2, 0.25) is 0 Å². The van der Waals surface area contributed by atoms with Crippen LogP contribution in [0.25, 0.3) is 0 Å². The highest BCUT2D eigenvalue weighted by atomic mass is 16.7. The second kappa shape index (κ2) is 10.1. The van der Waals surface area contributed by atoms with Crippen molar-refractivity contribution in [2.45, 2.75) is 105 Å². The van der Waals surface area contributed by atoms with Gasteiger partial charge in [0.1, 0.15) is 11.5 Å². The Balaban J connectivity index is 3.13. The van der Waals surface area contributed by atoms with Gasteiger partial charge < -0.3 is 14.6 Å². The zero-order chi connectivity index (χ0) is 30.5. The molecule has 10 nitrogen and oxygen atoms in total. The first-order chi connectivity index (χ1) is 17.4. The van der Waals surface area contributed by atoms with Crippen LogP contribution in [0.15, 0.2) is 18.2 Å². The third-order valence-electron chi connectivity index (χ3n) is 6.24. The van der Waals surface area contributed by atoms with Crippen molar-refractivity contribution in [2.75, 3.05) is 0 Å². The Morgan fingerprint density at radius 3 is 1.46 bits per heavy atom. The van der Waals surface area contributed by atoms with Crippen molar-refractivity contribution in [3.05, 3.63) is 60.7 Å². The van der Waals surface area contributed by atoms with Crippen LogP contribution in [0.3, 0.4) is 0 Å². The van der Waals surface area contributed by atoms with E-state index in [1.807, 2.05) is 41.5 Å². The minimum atomic E-state index is -1.63. The van der Waals surface area contributed by atoms with E-state index in [9.17, 15) is 30.1 Å². The summed E-state index contributed by atoms with van der Waals surface area (Å²) in [5.74, 6) is -0.0432. The maximum absolute atomic E-state index is 12.3. The Labute approximate surface area is 229 Å². The second-order valence-electron chi connectivity index (χ2n) is 13.8. The van der Waals surface area contributed by atoms with E-state index < -0.39 is 37.7 Å². The Bertz CT molecular complexity index is 1320. The van der Waals surface area contributed by atoms with Gasteiger partial charge in [0, 0.05) is 16.7 Å². The Hall–Kier alpha value is -3.69. The van der Waals surface area contributed by atoms with Gasteiger partial charge in [-0.25, -0.2) is 4.79 Å². The molecule has 214 valence electrons. The van der Waals surface area contributed by atoms with Crippen molar-refractivity contribution in [3.8, 4) is 17.2 Å². The summed E-state index contributed by atoms with van der Waals surface area (Å²) in [6.45, 7) is 22.0. The SMILES string of the molecule is CC(C)(C)c1cc(C(C)(C)C)c([N+](=O)[O-])cc1Oc1cc([N+](=O)[O-])c(C(C)(C)C)c(OC(=O)O)c1C(C)(C)C. The zero-order valence-corrected chi connectivity index (χ0v) is 24.9. The van der Waals surface area contributed by atoms with Crippen molar-refractivity contribution in [3.63, 3.8) is 0 Å². The van der Waals surface area contributed by atoms with Gasteiger partial charge in [-0.1, -0.05) is 83.1 Å². The topological polar surface area (TPSA) is 142 Å². The lowest BCUT2D eigenvalue weighted by Gasteiger charge is -2.31. The highest BCUT2D eigenvalue weighted by Gasteiger charge is 2.39. The van der Waals surface area contributed by atoms with E-state index in [0.717, 1.165) is 0 Å². The highest BCUT2D eigenvalue weighted by molar-refractivity contribution is 5.71. The van der Waals surface area contributed by atoms with Crippen LogP contribution in [0.4, 0.5) is 16.2 Å². The smallest absolute Gasteiger partial charge is 0.456 e. The summed E-state index contributed by atoms with van der Waals surface area (Å²) in [7, 11) is 0. The van der Waals surface area contributed by atoms with Gasteiger partial charge >= 0.3 is 6.16 Å². The maximum Gasteiger partial charge on any atom is 0.511 e. The molecule has 0 heterocycles. The van der Waals surface area contributed by atoms with Crippen LogP contribution in [-0.2, 0) is 21.7 Å². The average Bonchev–Trinajstić information content (AvgIpc) is 2.68. The molecule has 0 spiro atoms. The van der Waals surface area contributed by atoms with E-state index in [1.54, 1.807) is 47.6 Å². The van der Waals surface area contributed by atoms with Crippen molar-refractivity contribution in [1.82, 2.24) is 0 Å². The third kappa shape index (κ3) is 6.85. The summed E-state index contributed by atoms with van der Waals surface area (Å²) in [4.78, 5) is 35.1. The fraction of sp³-hybridized carbons (Fsp3) is 0.552. The molecule has 0 amide bonds. The van der Waals surface area contributed by atoms with Gasteiger partial charge in [-0.2, -0.15) is 0 Å². The Morgan fingerprint density at radius 1 is 0.667 bits per heavy atom. The number of carboxylic acid groups (broad SMARTS) is 1. The van der Waals surface area contributed by atoms with E-state index in [0.29, 0.717) is 16.7 Å².